The van der Waals surface area contributed by atoms with Gasteiger partial charge in [-0.3, -0.25) is 0 Å². The summed E-state index contributed by atoms with van der Waals surface area (Å²) in [6, 6.07) is 3.69. The summed E-state index contributed by atoms with van der Waals surface area (Å²) >= 11 is 0. The molecule has 0 fully saturated rings. The molecule has 2 heterocycles. The minimum atomic E-state index is -4.61. The van der Waals surface area contributed by atoms with Gasteiger partial charge in [0.2, 0.25) is 10.0 Å². The Balaban J connectivity index is 1.95. The second-order valence-electron chi connectivity index (χ2n) is 5.30. The maximum absolute atomic E-state index is 12.8. The topological polar surface area (TPSA) is 89.2 Å². The van der Waals surface area contributed by atoms with Gasteiger partial charge in [-0.1, -0.05) is 6.07 Å². The molecule has 1 aliphatic heterocycles. The Bertz CT molecular complexity index is 884. The zero-order valence-electron chi connectivity index (χ0n) is 12.3. The highest BCUT2D eigenvalue weighted by molar-refractivity contribution is 7.89. The van der Waals surface area contributed by atoms with Crippen LogP contribution in [0.1, 0.15) is 16.8 Å². The molecule has 24 heavy (non-hydrogen) atoms. The fourth-order valence-corrected chi connectivity index (χ4v) is 3.99. The number of fused-ring (bicyclic) bond motifs is 1. The van der Waals surface area contributed by atoms with Gasteiger partial charge in [0.15, 0.2) is 0 Å². The highest BCUT2D eigenvalue weighted by atomic mass is 32.2. The Morgan fingerprint density at radius 2 is 1.96 bits per heavy atom. The standard InChI is InChI=1S/C14H13F3N4O2S/c15-14(16,17)9-2-1-3-10(6-9)24(22,23)21-5-4-11-12(7-21)19-8-20-13(11)18/h1-3,6,8H,4-5,7H2,(H2,18,19,20). The summed E-state index contributed by atoms with van der Waals surface area (Å²) in [5.74, 6) is 0.288. The van der Waals surface area contributed by atoms with Gasteiger partial charge in [0.25, 0.3) is 0 Å². The molecule has 0 amide bonds. The van der Waals surface area contributed by atoms with Crippen molar-refractivity contribution in [1.82, 2.24) is 14.3 Å². The van der Waals surface area contributed by atoms with Crippen LogP contribution in [0.3, 0.4) is 0 Å². The van der Waals surface area contributed by atoms with Crippen molar-refractivity contribution >= 4 is 15.8 Å². The summed E-state index contributed by atoms with van der Waals surface area (Å²) in [6.07, 6.45) is -3.07. The number of sulfonamides is 1. The zero-order valence-corrected chi connectivity index (χ0v) is 13.1. The fraction of sp³-hybridized carbons (Fsp3) is 0.286. The number of halogens is 3. The Kier molecular flexibility index (Phi) is 3.96. The maximum atomic E-state index is 12.8. The first kappa shape index (κ1) is 16.7. The number of nitrogens with zero attached hydrogens (tertiary/aromatic N) is 3. The minimum Gasteiger partial charge on any atom is -0.383 e. The van der Waals surface area contributed by atoms with E-state index < -0.39 is 26.7 Å². The Morgan fingerprint density at radius 1 is 1.21 bits per heavy atom. The third kappa shape index (κ3) is 2.94. The van der Waals surface area contributed by atoms with E-state index in [0.717, 1.165) is 22.5 Å². The van der Waals surface area contributed by atoms with Crippen LogP contribution in [0.4, 0.5) is 19.0 Å². The molecule has 1 aromatic heterocycles. The van der Waals surface area contributed by atoms with E-state index in [4.69, 9.17) is 5.73 Å². The number of nitrogens with two attached hydrogens (primary N) is 1. The van der Waals surface area contributed by atoms with Gasteiger partial charge in [-0.05, 0) is 24.6 Å². The number of aromatic nitrogens is 2. The number of benzene rings is 1. The van der Waals surface area contributed by atoms with Crippen molar-refractivity contribution in [3.63, 3.8) is 0 Å². The first-order chi connectivity index (χ1) is 11.2. The molecular weight excluding hydrogens is 345 g/mol. The van der Waals surface area contributed by atoms with Crippen LogP contribution in [0.2, 0.25) is 0 Å². The third-order valence-corrected chi connectivity index (χ3v) is 5.65. The van der Waals surface area contributed by atoms with Crippen LogP contribution in [0.5, 0.6) is 0 Å². The highest BCUT2D eigenvalue weighted by Gasteiger charge is 2.34. The minimum absolute atomic E-state index is 0.0549. The summed E-state index contributed by atoms with van der Waals surface area (Å²) in [6.45, 7) is 0.0454. The molecule has 0 unspecified atom stereocenters. The molecule has 6 nitrogen and oxygen atoms in total. The molecule has 0 saturated carbocycles. The zero-order chi connectivity index (χ0) is 17.5. The van der Waals surface area contributed by atoms with E-state index in [1.165, 1.54) is 6.33 Å². The number of rotatable bonds is 2. The third-order valence-electron chi connectivity index (χ3n) is 3.80. The van der Waals surface area contributed by atoms with Crippen molar-refractivity contribution in [3.05, 3.63) is 47.4 Å². The molecular formula is C14H13F3N4O2S. The highest BCUT2D eigenvalue weighted by Crippen LogP contribution is 2.32. The molecule has 0 radical (unpaired) electrons. The average molecular weight is 358 g/mol. The molecule has 128 valence electrons. The molecule has 2 aromatic rings. The predicted octanol–water partition coefficient (Wildman–Crippen LogP) is 1.82. The summed E-state index contributed by atoms with van der Waals surface area (Å²) in [5, 5.41) is 0. The van der Waals surface area contributed by atoms with Gasteiger partial charge in [-0.2, -0.15) is 17.5 Å². The quantitative estimate of drug-likeness (QED) is 0.885. The number of alkyl halides is 3. The predicted molar refractivity (Wildman–Crippen MR) is 79.2 cm³/mol. The number of hydrogen-bond donors (Lipinski definition) is 1. The monoisotopic (exact) mass is 358 g/mol. The van der Waals surface area contributed by atoms with Crippen LogP contribution >= 0.6 is 0 Å². The van der Waals surface area contributed by atoms with Crippen LogP contribution < -0.4 is 5.73 Å². The largest absolute Gasteiger partial charge is 0.416 e. The van der Waals surface area contributed by atoms with Crippen molar-refractivity contribution < 1.29 is 21.6 Å². The van der Waals surface area contributed by atoms with Crippen LogP contribution in [0.15, 0.2) is 35.5 Å². The maximum Gasteiger partial charge on any atom is 0.416 e. The summed E-state index contributed by atoms with van der Waals surface area (Å²) in [4.78, 5) is 7.47. The van der Waals surface area contributed by atoms with Crippen LogP contribution in [0.25, 0.3) is 0 Å². The molecule has 1 aliphatic rings. The van der Waals surface area contributed by atoms with Crippen LogP contribution in [-0.2, 0) is 29.2 Å². The molecule has 1 aromatic carbocycles. The molecule has 0 aliphatic carbocycles. The molecule has 3 rings (SSSR count). The first-order valence-electron chi connectivity index (χ1n) is 6.95. The van der Waals surface area contributed by atoms with Gasteiger partial charge in [0.05, 0.1) is 22.7 Å². The van der Waals surface area contributed by atoms with E-state index in [9.17, 15) is 21.6 Å². The van der Waals surface area contributed by atoms with E-state index in [-0.39, 0.29) is 18.9 Å². The van der Waals surface area contributed by atoms with Crippen molar-refractivity contribution in [3.8, 4) is 0 Å². The van der Waals surface area contributed by atoms with Gasteiger partial charge in [0.1, 0.15) is 12.1 Å². The van der Waals surface area contributed by atoms with E-state index >= 15 is 0 Å². The number of anilines is 1. The van der Waals surface area contributed by atoms with Crippen LogP contribution in [0, 0.1) is 0 Å². The lowest BCUT2D eigenvalue weighted by Crippen LogP contribution is -2.37. The lowest BCUT2D eigenvalue weighted by Gasteiger charge is -2.27. The molecule has 0 bridgehead atoms. The summed E-state index contributed by atoms with van der Waals surface area (Å²) in [7, 11) is -4.07. The summed E-state index contributed by atoms with van der Waals surface area (Å²) in [5.41, 5.74) is 5.86. The van der Waals surface area contributed by atoms with E-state index in [0.29, 0.717) is 23.7 Å². The molecule has 0 saturated heterocycles. The Morgan fingerprint density at radius 3 is 2.67 bits per heavy atom. The van der Waals surface area contributed by atoms with E-state index in [1.807, 2.05) is 0 Å². The van der Waals surface area contributed by atoms with Gasteiger partial charge in [-0.25, -0.2) is 18.4 Å². The molecule has 2 N–H and O–H groups in total. The fourth-order valence-electron chi connectivity index (χ4n) is 2.54. The molecule has 0 spiro atoms. The van der Waals surface area contributed by atoms with Crippen molar-refractivity contribution in [2.24, 2.45) is 0 Å². The normalized spacial score (nSPS) is 16.0. The first-order valence-corrected chi connectivity index (χ1v) is 8.39. The Labute approximate surface area is 136 Å². The lowest BCUT2D eigenvalue weighted by molar-refractivity contribution is -0.137. The van der Waals surface area contributed by atoms with Gasteiger partial charge >= 0.3 is 6.18 Å². The molecule has 0 atom stereocenters. The van der Waals surface area contributed by atoms with Gasteiger partial charge in [0, 0.05) is 12.1 Å². The van der Waals surface area contributed by atoms with E-state index in [1.54, 1.807) is 0 Å². The SMILES string of the molecule is Nc1ncnc2c1CCN(S(=O)(=O)c1cccc(C(F)(F)F)c1)C2. The van der Waals surface area contributed by atoms with Crippen molar-refractivity contribution in [2.45, 2.75) is 24.0 Å². The lowest BCUT2D eigenvalue weighted by atomic mass is 10.1. The van der Waals surface area contributed by atoms with Crippen LogP contribution in [-0.4, -0.2) is 29.2 Å². The average Bonchev–Trinajstić information content (AvgIpc) is 2.54. The second-order valence-corrected chi connectivity index (χ2v) is 7.24. The van der Waals surface area contributed by atoms with E-state index in [2.05, 4.69) is 9.97 Å². The van der Waals surface area contributed by atoms with Crippen molar-refractivity contribution in [2.75, 3.05) is 12.3 Å². The van der Waals surface area contributed by atoms with Gasteiger partial charge < -0.3 is 5.73 Å². The summed E-state index contributed by atoms with van der Waals surface area (Å²) < 4.78 is 64.8. The number of hydrogen-bond acceptors (Lipinski definition) is 5. The Hall–Kier alpha value is -2.20. The van der Waals surface area contributed by atoms with Crippen molar-refractivity contribution in [1.29, 1.82) is 0 Å². The number of nitrogen functional groups attached to an aromatic ring is 1. The molecule has 10 heteroatoms. The smallest absolute Gasteiger partial charge is 0.383 e. The second kappa shape index (κ2) is 5.71. The van der Waals surface area contributed by atoms with Gasteiger partial charge in [-0.15, -0.1) is 0 Å².